The summed E-state index contributed by atoms with van der Waals surface area (Å²) in [5.41, 5.74) is 5.89. The van der Waals surface area contributed by atoms with Crippen LogP contribution in [0, 0.1) is 0 Å². The molecule has 1 unspecified atom stereocenters. The molecule has 0 aliphatic carbocycles. The lowest BCUT2D eigenvalue weighted by molar-refractivity contribution is -0.132. The number of nitrogens with two attached hydrogens (primary N) is 1. The van der Waals surface area contributed by atoms with Crippen LogP contribution in [0.3, 0.4) is 0 Å². The van der Waals surface area contributed by atoms with E-state index in [1.54, 1.807) is 24.4 Å². The Morgan fingerprint density at radius 2 is 2.32 bits per heavy atom. The van der Waals surface area contributed by atoms with Gasteiger partial charge in [-0.2, -0.15) is 0 Å². The lowest BCUT2D eigenvalue weighted by Crippen LogP contribution is -2.45. The minimum absolute atomic E-state index is 0.0277. The number of likely N-dealkylation sites (N-methyl/N-ethyl adjacent to an activating group) is 1. The number of thiazole rings is 1. The van der Waals surface area contributed by atoms with Gasteiger partial charge in [0.15, 0.2) is 0 Å². The molecule has 7 heteroatoms. The van der Waals surface area contributed by atoms with Crippen molar-refractivity contribution in [2.75, 3.05) is 20.6 Å². The van der Waals surface area contributed by atoms with Crippen LogP contribution >= 0.6 is 11.3 Å². The summed E-state index contributed by atoms with van der Waals surface area (Å²) < 4.78 is 0. The fraction of sp³-hybridized carbons (Fsp3) is 0.583. The SMILES string of the molecule is CN(C)C(=O)C1CCCN1C(=O)c1csc(CN)n1. The number of aromatic nitrogens is 1. The largest absolute Gasteiger partial charge is 0.347 e. The third-order valence-corrected chi connectivity index (χ3v) is 4.06. The topological polar surface area (TPSA) is 79.5 Å². The summed E-state index contributed by atoms with van der Waals surface area (Å²) >= 11 is 1.37. The first-order chi connectivity index (χ1) is 9.04. The van der Waals surface area contributed by atoms with Crippen molar-refractivity contribution in [2.24, 2.45) is 5.73 Å². The van der Waals surface area contributed by atoms with Gasteiger partial charge in [0.2, 0.25) is 5.91 Å². The van der Waals surface area contributed by atoms with Crippen LogP contribution in [-0.4, -0.2) is 53.3 Å². The Balaban J connectivity index is 2.15. The van der Waals surface area contributed by atoms with Crippen molar-refractivity contribution in [1.29, 1.82) is 0 Å². The van der Waals surface area contributed by atoms with Crippen molar-refractivity contribution < 1.29 is 9.59 Å². The first-order valence-electron chi connectivity index (χ1n) is 6.21. The molecule has 1 aromatic rings. The van der Waals surface area contributed by atoms with E-state index in [-0.39, 0.29) is 17.9 Å². The first-order valence-corrected chi connectivity index (χ1v) is 7.09. The minimum Gasteiger partial charge on any atom is -0.347 e. The predicted octanol–water partition coefficient (Wildman–Crippen LogP) is 0.295. The minimum atomic E-state index is -0.356. The third-order valence-electron chi connectivity index (χ3n) is 3.18. The Morgan fingerprint density at radius 1 is 1.58 bits per heavy atom. The molecule has 104 valence electrons. The molecule has 6 nitrogen and oxygen atoms in total. The second-order valence-electron chi connectivity index (χ2n) is 4.72. The molecular formula is C12H18N4O2S. The fourth-order valence-corrected chi connectivity index (χ4v) is 2.86. The van der Waals surface area contributed by atoms with Gasteiger partial charge in [0.05, 0.1) is 0 Å². The van der Waals surface area contributed by atoms with Crippen molar-refractivity contribution in [1.82, 2.24) is 14.8 Å². The van der Waals surface area contributed by atoms with Crippen LogP contribution in [0.1, 0.15) is 28.3 Å². The van der Waals surface area contributed by atoms with Gasteiger partial charge in [0.1, 0.15) is 16.7 Å². The molecule has 2 heterocycles. The normalized spacial score (nSPS) is 18.7. The molecule has 2 rings (SSSR count). The molecule has 1 aliphatic heterocycles. The van der Waals surface area contributed by atoms with E-state index in [0.717, 1.165) is 17.8 Å². The van der Waals surface area contributed by atoms with Crippen molar-refractivity contribution in [3.05, 3.63) is 16.1 Å². The fourth-order valence-electron chi connectivity index (χ4n) is 2.21. The van der Waals surface area contributed by atoms with Gasteiger partial charge in [0, 0.05) is 32.6 Å². The Labute approximate surface area is 116 Å². The molecule has 1 atom stereocenters. The molecule has 2 N–H and O–H groups in total. The van der Waals surface area contributed by atoms with Crippen molar-refractivity contribution in [3.8, 4) is 0 Å². The Bertz CT molecular complexity index is 486. The molecule has 0 aromatic carbocycles. The highest BCUT2D eigenvalue weighted by atomic mass is 32.1. The smallest absolute Gasteiger partial charge is 0.274 e. The van der Waals surface area contributed by atoms with Gasteiger partial charge in [-0.15, -0.1) is 11.3 Å². The van der Waals surface area contributed by atoms with E-state index in [1.165, 1.54) is 16.2 Å². The highest BCUT2D eigenvalue weighted by molar-refractivity contribution is 7.09. The van der Waals surface area contributed by atoms with Crippen LogP contribution in [0.25, 0.3) is 0 Å². The summed E-state index contributed by atoms with van der Waals surface area (Å²) in [4.78, 5) is 31.8. The number of carbonyl (C=O) groups excluding carboxylic acids is 2. The summed E-state index contributed by atoms with van der Waals surface area (Å²) in [6, 6.07) is -0.356. The van der Waals surface area contributed by atoms with Crippen molar-refractivity contribution >= 4 is 23.2 Å². The van der Waals surface area contributed by atoms with Crippen LogP contribution < -0.4 is 5.73 Å². The molecule has 0 bridgehead atoms. The number of likely N-dealkylation sites (tertiary alicyclic amines) is 1. The Hall–Kier alpha value is -1.47. The van der Waals surface area contributed by atoms with E-state index in [0.29, 0.717) is 18.8 Å². The van der Waals surface area contributed by atoms with Crippen LogP contribution in [0.5, 0.6) is 0 Å². The molecule has 1 aromatic heterocycles. The van der Waals surface area contributed by atoms with E-state index in [1.807, 2.05) is 0 Å². The van der Waals surface area contributed by atoms with E-state index in [2.05, 4.69) is 4.98 Å². The van der Waals surface area contributed by atoms with Crippen molar-refractivity contribution in [2.45, 2.75) is 25.4 Å². The molecule has 1 fully saturated rings. The molecule has 19 heavy (non-hydrogen) atoms. The molecule has 0 spiro atoms. The zero-order valence-corrected chi connectivity index (χ0v) is 11.9. The quantitative estimate of drug-likeness (QED) is 0.864. The summed E-state index contributed by atoms with van der Waals surface area (Å²) in [5, 5.41) is 2.44. The maximum Gasteiger partial charge on any atom is 0.274 e. The molecule has 1 aliphatic rings. The van der Waals surface area contributed by atoms with E-state index >= 15 is 0 Å². The summed E-state index contributed by atoms with van der Waals surface area (Å²) in [6.45, 7) is 0.941. The van der Waals surface area contributed by atoms with Crippen LogP contribution in [0.4, 0.5) is 0 Å². The number of hydrogen-bond donors (Lipinski definition) is 1. The predicted molar refractivity (Wildman–Crippen MR) is 72.8 cm³/mol. The maximum absolute atomic E-state index is 12.4. The Kier molecular flexibility index (Phi) is 4.16. The molecule has 2 amide bonds. The molecule has 0 radical (unpaired) electrons. The number of hydrogen-bond acceptors (Lipinski definition) is 5. The van der Waals surface area contributed by atoms with E-state index in [4.69, 9.17) is 5.73 Å². The average molecular weight is 282 g/mol. The number of amides is 2. The lowest BCUT2D eigenvalue weighted by atomic mass is 10.2. The van der Waals surface area contributed by atoms with E-state index in [9.17, 15) is 9.59 Å². The average Bonchev–Trinajstić information content (AvgIpc) is 3.05. The van der Waals surface area contributed by atoms with Gasteiger partial charge in [-0.05, 0) is 12.8 Å². The summed E-state index contributed by atoms with van der Waals surface area (Å²) in [6.07, 6.45) is 1.57. The van der Waals surface area contributed by atoms with E-state index < -0.39 is 0 Å². The van der Waals surface area contributed by atoms with Gasteiger partial charge >= 0.3 is 0 Å². The molecule has 1 saturated heterocycles. The van der Waals surface area contributed by atoms with Gasteiger partial charge in [-0.3, -0.25) is 9.59 Å². The maximum atomic E-state index is 12.4. The summed E-state index contributed by atoms with van der Waals surface area (Å²) in [5.74, 6) is -0.200. The monoisotopic (exact) mass is 282 g/mol. The van der Waals surface area contributed by atoms with Gasteiger partial charge < -0.3 is 15.5 Å². The zero-order chi connectivity index (χ0) is 14.0. The molecule has 0 saturated carbocycles. The third kappa shape index (κ3) is 2.76. The van der Waals surface area contributed by atoms with Crippen molar-refractivity contribution in [3.63, 3.8) is 0 Å². The number of carbonyl (C=O) groups is 2. The Morgan fingerprint density at radius 3 is 2.89 bits per heavy atom. The van der Waals surface area contributed by atoms with Gasteiger partial charge in [0.25, 0.3) is 5.91 Å². The highest BCUT2D eigenvalue weighted by Crippen LogP contribution is 2.22. The number of nitrogens with zero attached hydrogens (tertiary/aromatic N) is 3. The van der Waals surface area contributed by atoms with Gasteiger partial charge in [-0.1, -0.05) is 0 Å². The van der Waals surface area contributed by atoms with Gasteiger partial charge in [-0.25, -0.2) is 4.98 Å². The van der Waals surface area contributed by atoms with Crippen LogP contribution in [0.15, 0.2) is 5.38 Å². The second-order valence-corrected chi connectivity index (χ2v) is 5.66. The first kappa shape index (κ1) is 14.0. The second kappa shape index (κ2) is 5.66. The van der Waals surface area contributed by atoms with Crippen LogP contribution in [-0.2, 0) is 11.3 Å². The van der Waals surface area contributed by atoms with Crippen LogP contribution in [0.2, 0.25) is 0 Å². The highest BCUT2D eigenvalue weighted by Gasteiger charge is 2.36. The number of rotatable bonds is 3. The standard InChI is InChI=1S/C12H18N4O2S/c1-15(2)12(18)9-4-3-5-16(9)11(17)8-7-19-10(6-13)14-8/h7,9H,3-6,13H2,1-2H3. The lowest BCUT2D eigenvalue weighted by Gasteiger charge is -2.25. The summed E-state index contributed by atoms with van der Waals surface area (Å²) in [7, 11) is 3.41. The zero-order valence-electron chi connectivity index (χ0n) is 11.1. The molecular weight excluding hydrogens is 264 g/mol.